The van der Waals surface area contributed by atoms with Crippen LogP contribution in [0.4, 0.5) is 0 Å². The number of phosphoric acid groups is 1. The smallest absolute Gasteiger partial charge is 0.387 e. The second-order valence-electron chi connectivity index (χ2n) is 19.6. The summed E-state index contributed by atoms with van der Waals surface area (Å²) >= 11 is 0. The Hall–Kier alpha value is -2.06. The number of nitrogens with zero attached hydrogens (tertiary/aromatic N) is 1. The van der Waals surface area contributed by atoms with Gasteiger partial charge in [-0.05, 0) is 57.8 Å². The van der Waals surface area contributed by atoms with E-state index in [2.05, 4.69) is 73.0 Å². The maximum Gasteiger partial charge on any atom is 0.472 e. The summed E-state index contributed by atoms with van der Waals surface area (Å²) in [5, 5.41) is 13.5. The van der Waals surface area contributed by atoms with Crippen LogP contribution in [0.5, 0.6) is 0 Å². The average Bonchev–Trinajstić information content (AvgIpc) is 3.27. The van der Waals surface area contributed by atoms with Crippen molar-refractivity contribution in [3.63, 3.8) is 0 Å². The van der Waals surface area contributed by atoms with E-state index in [-0.39, 0.29) is 19.1 Å². The maximum absolute atomic E-state index is 12.7. The number of hydrogen-bond acceptors (Lipinski definition) is 5. The van der Waals surface area contributed by atoms with E-state index in [1.165, 1.54) is 148 Å². The van der Waals surface area contributed by atoms with Crippen molar-refractivity contribution in [2.75, 3.05) is 40.9 Å². The Morgan fingerprint density at radius 1 is 0.530 bits per heavy atom. The maximum atomic E-state index is 12.7. The average molecular weight is 946 g/mol. The molecule has 8 nitrogen and oxygen atoms in total. The van der Waals surface area contributed by atoms with Gasteiger partial charge in [-0.3, -0.25) is 13.8 Å². The summed E-state index contributed by atoms with van der Waals surface area (Å²) in [5.41, 5.74) is 0. The van der Waals surface area contributed by atoms with Gasteiger partial charge in [0.05, 0.1) is 39.9 Å². The number of hydrogen-bond donors (Lipinski definition) is 3. The molecule has 0 fully saturated rings. The van der Waals surface area contributed by atoms with E-state index in [0.29, 0.717) is 17.4 Å². The third-order valence-electron chi connectivity index (χ3n) is 11.9. The van der Waals surface area contributed by atoms with Gasteiger partial charge in [0, 0.05) is 6.42 Å². The van der Waals surface area contributed by atoms with Gasteiger partial charge in [-0.2, -0.15) is 0 Å². The standard InChI is InChI=1S/C57H105N2O6P/c1-6-8-10-11-12-13-14-15-16-17-18-19-20-21-22-23-24-25-26-27-28-29-30-31-32-33-34-35-36-37-38-39-40-41-42-43-44-45-46-47-49-51-57(61)58-55(56(60)50-48-9-7-2)54-65-66(62,63)64-53-52-59(3,4)5/h8,10,12-13,15-16,18-19,21-22,48,50,55-56,60H,6-7,9,11,14,17,20,23-47,49,51-54H2,1-5H3,(H-,58,61,62,63)/p+1/b10-8-,13-12-,16-15-,19-18-,22-21-,50-48+. The first-order valence-corrected chi connectivity index (χ1v) is 28.8. The summed E-state index contributed by atoms with van der Waals surface area (Å²) in [6, 6.07) is -0.841. The van der Waals surface area contributed by atoms with Gasteiger partial charge in [-0.1, -0.05) is 241 Å². The summed E-state index contributed by atoms with van der Waals surface area (Å²) in [6.07, 6.45) is 67.0. The van der Waals surface area contributed by atoms with Gasteiger partial charge in [0.1, 0.15) is 13.2 Å². The molecule has 0 aromatic heterocycles. The highest BCUT2D eigenvalue weighted by atomic mass is 31.2. The number of aliphatic hydroxyl groups is 1. The molecule has 0 aliphatic heterocycles. The van der Waals surface area contributed by atoms with E-state index in [0.717, 1.165) is 64.2 Å². The lowest BCUT2D eigenvalue weighted by Gasteiger charge is -2.25. The number of unbranched alkanes of at least 4 members (excludes halogenated alkanes) is 26. The number of carbonyl (C=O) groups excluding carboxylic acids is 1. The summed E-state index contributed by atoms with van der Waals surface area (Å²) < 4.78 is 23.3. The van der Waals surface area contributed by atoms with Crippen LogP contribution in [0.3, 0.4) is 0 Å². The fourth-order valence-electron chi connectivity index (χ4n) is 7.67. The molecule has 9 heteroatoms. The Labute approximate surface area is 408 Å². The van der Waals surface area contributed by atoms with E-state index in [1.807, 2.05) is 34.1 Å². The minimum absolute atomic E-state index is 0.0597. The molecular weight excluding hydrogens is 840 g/mol. The molecule has 3 N–H and O–H groups in total. The van der Waals surface area contributed by atoms with Crippen molar-refractivity contribution >= 4 is 13.7 Å². The second kappa shape index (κ2) is 48.0. The Bertz CT molecular complexity index is 1300. The van der Waals surface area contributed by atoms with E-state index in [9.17, 15) is 19.4 Å². The van der Waals surface area contributed by atoms with Crippen molar-refractivity contribution in [2.45, 2.75) is 244 Å². The molecule has 0 aromatic carbocycles. The highest BCUT2D eigenvalue weighted by Gasteiger charge is 2.27. The largest absolute Gasteiger partial charge is 0.472 e. The predicted octanol–water partition coefficient (Wildman–Crippen LogP) is 16.3. The van der Waals surface area contributed by atoms with Crippen LogP contribution >= 0.6 is 7.82 Å². The van der Waals surface area contributed by atoms with Crippen molar-refractivity contribution in [2.24, 2.45) is 0 Å². The number of allylic oxidation sites excluding steroid dienone is 11. The Morgan fingerprint density at radius 3 is 1.30 bits per heavy atom. The minimum atomic E-state index is -4.32. The first-order valence-electron chi connectivity index (χ1n) is 27.3. The lowest BCUT2D eigenvalue weighted by atomic mass is 10.0. The number of phosphoric ester groups is 1. The minimum Gasteiger partial charge on any atom is -0.387 e. The number of rotatable bonds is 49. The topological polar surface area (TPSA) is 105 Å². The fraction of sp³-hybridized carbons (Fsp3) is 0.772. The van der Waals surface area contributed by atoms with E-state index < -0.39 is 20.0 Å². The molecule has 0 rings (SSSR count). The van der Waals surface area contributed by atoms with Crippen LogP contribution < -0.4 is 5.32 Å². The zero-order valence-corrected chi connectivity index (χ0v) is 44.6. The quantitative estimate of drug-likeness (QED) is 0.0243. The fourth-order valence-corrected chi connectivity index (χ4v) is 8.40. The van der Waals surface area contributed by atoms with E-state index in [1.54, 1.807) is 6.08 Å². The molecule has 1 amide bonds. The molecule has 0 saturated heterocycles. The number of aliphatic hydroxyl groups excluding tert-OH is 1. The molecule has 0 saturated carbocycles. The van der Waals surface area contributed by atoms with Gasteiger partial charge < -0.3 is 19.8 Å². The van der Waals surface area contributed by atoms with Gasteiger partial charge >= 0.3 is 7.82 Å². The van der Waals surface area contributed by atoms with Crippen molar-refractivity contribution in [1.82, 2.24) is 5.32 Å². The van der Waals surface area contributed by atoms with Crippen LogP contribution in [0, 0.1) is 0 Å². The Morgan fingerprint density at radius 2 is 0.909 bits per heavy atom. The highest BCUT2D eigenvalue weighted by molar-refractivity contribution is 7.47. The van der Waals surface area contributed by atoms with Crippen LogP contribution in [0.2, 0.25) is 0 Å². The van der Waals surface area contributed by atoms with Gasteiger partial charge in [0.15, 0.2) is 0 Å². The molecule has 0 heterocycles. The number of carbonyl (C=O) groups is 1. The zero-order chi connectivity index (χ0) is 48.5. The number of quaternary nitrogens is 1. The van der Waals surface area contributed by atoms with Gasteiger partial charge in [0.25, 0.3) is 0 Å². The van der Waals surface area contributed by atoms with Crippen molar-refractivity contribution in [3.05, 3.63) is 72.9 Å². The van der Waals surface area contributed by atoms with Crippen LogP contribution in [0.15, 0.2) is 72.9 Å². The molecule has 0 aliphatic rings. The lowest BCUT2D eigenvalue weighted by Crippen LogP contribution is -2.45. The van der Waals surface area contributed by atoms with Crippen LogP contribution in [-0.4, -0.2) is 73.4 Å². The SMILES string of the molecule is CC/C=C\C/C=C\C/C=C\C/C=C\C/C=C\CCCCCCCCCCCCCCCCCCCCCCCCCCCC(=O)NC(COP(=O)(O)OCC[N+](C)(C)C)C(O)/C=C/CCC. The first kappa shape index (κ1) is 63.9. The molecule has 0 aromatic rings. The molecule has 0 bridgehead atoms. The second-order valence-corrected chi connectivity index (χ2v) is 21.0. The third kappa shape index (κ3) is 49.8. The van der Waals surface area contributed by atoms with Crippen molar-refractivity contribution < 1.29 is 32.9 Å². The van der Waals surface area contributed by atoms with Gasteiger partial charge in [-0.25, -0.2) is 4.57 Å². The molecule has 0 spiro atoms. The van der Waals surface area contributed by atoms with E-state index in [4.69, 9.17) is 9.05 Å². The Kier molecular flexibility index (Phi) is 46.5. The van der Waals surface area contributed by atoms with Gasteiger partial charge in [0.2, 0.25) is 5.91 Å². The van der Waals surface area contributed by atoms with Crippen LogP contribution in [0.25, 0.3) is 0 Å². The normalized spacial score (nSPS) is 14.6. The summed E-state index contributed by atoms with van der Waals surface area (Å²) in [6.45, 7) is 4.49. The highest BCUT2D eigenvalue weighted by Crippen LogP contribution is 2.43. The molecule has 3 unspecified atom stereocenters. The zero-order valence-electron chi connectivity index (χ0n) is 43.7. The number of nitrogens with one attached hydrogen (secondary N) is 1. The molecule has 384 valence electrons. The summed E-state index contributed by atoms with van der Waals surface area (Å²) in [7, 11) is 1.57. The summed E-state index contributed by atoms with van der Waals surface area (Å²) in [4.78, 5) is 22.8. The monoisotopic (exact) mass is 946 g/mol. The molecule has 0 radical (unpaired) electrons. The molecule has 0 aliphatic carbocycles. The predicted molar refractivity (Wildman–Crippen MR) is 286 cm³/mol. The molecule has 3 atom stereocenters. The van der Waals surface area contributed by atoms with Crippen LogP contribution in [-0.2, 0) is 18.4 Å². The molecular formula is C57H106N2O6P+. The molecule has 66 heavy (non-hydrogen) atoms. The number of likely N-dealkylation sites (N-methyl/N-ethyl adjacent to an activating group) is 1. The Balaban J connectivity index is 3.61. The lowest BCUT2D eigenvalue weighted by molar-refractivity contribution is -0.870. The summed E-state index contributed by atoms with van der Waals surface area (Å²) in [5.74, 6) is -0.187. The van der Waals surface area contributed by atoms with Crippen molar-refractivity contribution in [1.29, 1.82) is 0 Å². The number of amides is 1. The van der Waals surface area contributed by atoms with E-state index >= 15 is 0 Å². The van der Waals surface area contributed by atoms with Gasteiger partial charge in [-0.15, -0.1) is 0 Å². The van der Waals surface area contributed by atoms with Crippen LogP contribution in [0.1, 0.15) is 232 Å². The first-order chi connectivity index (χ1) is 32.0. The van der Waals surface area contributed by atoms with Crippen molar-refractivity contribution in [3.8, 4) is 0 Å². The third-order valence-corrected chi connectivity index (χ3v) is 12.9.